The molecule has 2 aliphatic heterocycles. The average Bonchev–Trinajstić information content (AvgIpc) is 2.65. The van der Waals surface area contributed by atoms with Gasteiger partial charge in [-0.15, -0.1) is 3.89 Å². The van der Waals surface area contributed by atoms with Crippen molar-refractivity contribution >= 4 is 22.2 Å². The van der Waals surface area contributed by atoms with E-state index in [0.29, 0.717) is 13.1 Å². The van der Waals surface area contributed by atoms with E-state index in [1.54, 1.807) is 30.6 Å². The van der Waals surface area contributed by atoms with E-state index in [2.05, 4.69) is 0 Å². The second-order valence-electron chi connectivity index (χ2n) is 7.90. The normalized spacial score (nSPS) is 25.8. The number of likely N-dealkylation sites (tertiary alicyclic amines) is 2. The first-order valence-electron chi connectivity index (χ1n) is 8.64. The number of ether oxygens (including phenoxy) is 1. The van der Waals surface area contributed by atoms with Gasteiger partial charge >= 0.3 is 16.3 Å². The molecule has 0 radical (unpaired) electrons. The number of nitrogens with zero attached hydrogens (tertiary/aromatic N) is 2. The first-order valence-corrected chi connectivity index (χ1v) is 10.2. The van der Waals surface area contributed by atoms with E-state index in [-0.39, 0.29) is 24.9 Å². The Morgan fingerprint density at radius 1 is 1.28 bits per heavy atom. The Kier molecular flexibility index (Phi) is 5.96. The van der Waals surface area contributed by atoms with Crippen LogP contribution in [0.4, 0.5) is 8.68 Å². The van der Waals surface area contributed by atoms with Gasteiger partial charge in [0.15, 0.2) is 0 Å². The summed E-state index contributed by atoms with van der Waals surface area (Å²) in [5.74, 6) is -1.33. The zero-order valence-electron chi connectivity index (χ0n) is 15.0. The summed E-state index contributed by atoms with van der Waals surface area (Å²) in [5, 5.41) is 0. The molecule has 0 spiro atoms. The first-order chi connectivity index (χ1) is 11.4. The molecule has 9 heteroatoms. The summed E-state index contributed by atoms with van der Waals surface area (Å²) < 4.78 is 40.0. The van der Waals surface area contributed by atoms with Crippen LogP contribution in [0.1, 0.15) is 46.5 Å². The molecule has 0 aromatic heterocycles. The predicted octanol–water partition coefficient (Wildman–Crippen LogP) is 1.92. The second-order valence-corrected chi connectivity index (χ2v) is 9.31. The summed E-state index contributed by atoms with van der Waals surface area (Å²) >= 11 is 0. The highest BCUT2D eigenvalue weighted by atomic mass is 32.3. The maximum atomic E-state index is 12.9. The average molecular weight is 378 g/mol. The number of halogens is 1. The Labute approximate surface area is 148 Å². The summed E-state index contributed by atoms with van der Waals surface area (Å²) in [4.78, 5) is 27.8. The van der Waals surface area contributed by atoms with Gasteiger partial charge in [-0.3, -0.25) is 4.79 Å². The Hall–Kier alpha value is -1.38. The van der Waals surface area contributed by atoms with Crippen LogP contribution < -0.4 is 0 Å². The van der Waals surface area contributed by atoms with Gasteiger partial charge in [0.2, 0.25) is 5.91 Å². The molecule has 25 heavy (non-hydrogen) atoms. The number of carbonyl (C=O) groups excluding carboxylic acids is 2. The number of rotatable bonds is 3. The van der Waals surface area contributed by atoms with E-state index in [1.807, 2.05) is 0 Å². The van der Waals surface area contributed by atoms with Crippen molar-refractivity contribution in [2.24, 2.45) is 5.92 Å². The standard InChI is InChI=1S/C16H27FN2O5S/c1-16(2,3)24-15(21)18-7-5-4-6-13(10-18)19-9-12(8-14(19)20)11-25(17,22)23/h12-13H,4-11H2,1-3H3. The molecule has 2 fully saturated rings. The Balaban J connectivity index is 2.03. The van der Waals surface area contributed by atoms with Crippen molar-refractivity contribution in [3.63, 3.8) is 0 Å². The van der Waals surface area contributed by atoms with Crippen LogP contribution >= 0.6 is 0 Å². The van der Waals surface area contributed by atoms with Crippen molar-refractivity contribution in [3.05, 3.63) is 0 Å². The topological polar surface area (TPSA) is 84.0 Å². The van der Waals surface area contributed by atoms with Crippen molar-refractivity contribution in [1.82, 2.24) is 9.80 Å². The van der Waals surface area contributed by atoms with Crippen LogP contribution in [-0.4, -0.2) is 67.2 Å². The molecule has 0 aromatic carbocycles. The van der Waals surface area contributed by atoms with E-state index >= 15 is 0 Å². The fourth-order valence-electron chi connectivity index (χ4n) is 3.42. The van der Waals surface area contributed by atoms with Gasteiger partial charge in [-0.2, -0.15) is 8.42 Å². The predicted molar refractivity (Wildman–Crippen MR) is 90.2 cm³/mol. The number of hydrogen-bond acceptors (Lipinski definition) is 5. The van der Waals surface area contributed by atoms with Crippen molar-refractivity contribution in [2.45, 2.75) is 58.1 Å². The minimum atomic E-state index is -4.60. The van der Waals surface area contributed by atoms with Crippen molar-refractivity contribution in [3.8, 4) is 0 Å². The third kappa shape index (κ3) is 6.13. The van der Waals surface area contributed by atoms with E-state index in [9.17, 15) is 21.9 Å². The minimum absolute atomic E-state index is 0.0338. The highest BCUT2D eigenvalue weighted by molar-refractivity contribution is 7.86. The van der Waals surface area contributed by atoms with Crippen LogP contribution in [0.25, 0.3) is 0 Å². The fraction of sp³-hybridized carbons (Fsp3) is 0.875. The number of carbonyl (C=O) groups is 2. The molecule has 2 heterocycles. The molecule has 0 bridgehead atoms. The van der Waals surface area contributed by atoms with Crippen LogP contribution in [0.5, 0.6) is 0 Å². The van der Waals surface area contributed by atoms with Crippen molar-refractivity contribution < 1.29 is 26.6 Å². The summed E-state index contributed by atoms with van der Waals surface area (Å²) in [7, 11) is -4.60. The summed E-state index contributed by atoms with van der Waals surface area (Å²) in [6.45, 7) is 6.53. The Morgan fingerprint density at radius 3 is 2.56 bits per heavy atom. The van der Waals surface area contributed by atoms with Crippen LogP contribution in [-0.2, 0) is 19.8 Å². The Bertz CT molecular complexity index is 617. The van der Waals surface area contributed by atoms with Gasteiger partial charge in [-0.1, -0.05) is 0 Å². The number of amides is 2. The molecule has 7 nitrogen and oxygen atoms in total. The SMILES string of the molecule is CC(C)(C)OC(=O)N1CCCCC(N2CC(CS(=O)(=O)F)CC2=O)C1. The van der Waals surface area contributed by atoms with Gasteiger partial charge in [0.05, 0.1) is 5.75 Å². The van der Waals surface area contributed by atoms with Crippen molar-refractivity contribution in [1.29, 1.82) is 0 Å². The van der Waals surface area contributed by atoms with E-state index in [4.69, 9.17) is 4.74 Å². The first kappa shape index (κ1) is 19.9. The molecule has 0 N–H and O–H groups in total. The molecule has 2 atom stereocenters. The molecule has 2 saturated heterocycles. The quantitative estimate of drug-likeness (QED) is 0.701. The second kappa shape index (κ2) is 7.47. The highest BCUT2D eigenvalue weighted by Crippen LogP contribution is 2.26. The van der Waals surface area contributed by atoms with Gasteiger partial charge in [0.25, 0.3) is 0 Å². The van der Waals surface area contributed by atoms with Gasteiger partial charge in [0.1, 0.15) is 5.60 Å². The summed E-state index contributed by atoms with van der Waals surface area (Å²) in [6.07, 6.45) is 2.04. The van der Waals surface area contributed by atoms with Gasteiger partial charge in [-0.25, -0.2) is 4.79 Å². The monoisotopic (exact) mass is 378 g/mol. The summed E-state index contributed by atoms with van der Waals surface area (Å²) in [6, 6.07) is -0.185. The molecule has 2 amide bonds. The molecule has 2 unspecified atom stereocenters. The lowest BCUT2D eigenvalue weighted by atomic mass is 10.1. The zero-order valence-corrected chi connectivity index (χ0v) is 15.8. The van der Waals surface area contributed by atoms with Crippen LogP contribution in [0, 0.1) is 5.92 Å². The third-order valence-corrected chi connectivity index (χ3v) is 5.28. The van der Waals surface area contributed by atoms with Crippen LogP contribution in [0.3, 0.4) is 0 Å². The van der Waals surface area contributed by atoms with E-state index in [1.165, 1.54) is 0 Å². The molecular weight excluding hydrogens is 351 g/mol. The molecule has 0 aliphatic carbocycles. The largest absolute Gasteiger partial charge is 0.444 e. The molecule has 0 saturated carbocycles. The lowest BCUT2D eigenvalue weighted by molar-refractivity contribution is -0.130. The maximum Gasteiger partial charge on any atom is 0.410 e. The molecule has 144 valence electrons. The van der Waals surface area contributed by atoms with E-state index in [0.717, 1.165) is 19.3 Å². The fourth-order valence-corrected chi connectivity index (χ4v) is 4.21. The molecule has 2 rings (SSSR count). The lowest BCUT2D eigenvalue weighted by Gasteiger charge is -2.32. The van der Waals surface area contributed by atoms with Gasteiger partial charge in [-0.05, 0) is 40.0 Å². The van der Waals surface area contributed by atoms with Crippen LogP contribution in [0.15, 0.2) is 0 Å². The third-order valence-electron chi connectivity index (χ3n) is 4.41. The van der Waals surface area contributed by atoms with E-state index < -0.39 is 33.6 Å². The van der Waals surface area contributed by atoms with Crippen LogP contribution in [0.2, 0.25) is 0 Å². The molecular formula is C16H27FN2O5S. The highest BCUT2D eigenvalue weighted by Gasteiger charge is 2.38. The maximum absolute atomic E-state index is 12.9. The lowest BCUT2D eigenvalue weighted by Crippen LogP contribution is -2.47. The minimum Gasteiger partial charge on any atom is -0.444 e. The molecule has 0 aromatic rings. The zero-order chi connectivity index (χ0) is 18.8. The smallest absolute Gasteiger partial charge is 0.410 e. The van der Waals surface area contributed by atoms with Crippen molar-refractivity contribution in [2.75, 3.05) is 25.4 Å². The molecule has 2 aliphatic rings. The Morgan fingerprint density at radius 2 is 1.96 bits per heavy atom. The summed E-state index contributed by atoms with van der Waals surface area (Å²) in [5.41, 5.74) is -0.594. The van der Waals surface area contributed by atoms with Gasteiger partial charge in [0, 0.05) is 38.0 Å². The van der Waals surface area contributed by atoms with Gasteiger partial charge < -0.3 is 14.5 Å². The number of hydrogen-bond donors (Lipinski definition) is 0.